The fourth-order valence-corrected chi connectivity index (χ4v) is 5.78. The van der Waals surface area contributed by atoms with E-state index in [1.54, 1.807) is 42.9 Å². The van der Waals surface area contributed by atoms with Crippen LogP contribution in [0.3, 0.4) is 0 Å². The zero-order valence-corrected chi connectivity index (χ0v) is 14.2. The first-order valence-electron chi connectivity index (χ1n) is 7.46. The van der Waals surface area contributed by atoms with Gasteiger partial charge in [-0.1, -0.05) is 0 Å². The predicted molar refractivity (Wildman–Crippen MR) is 92.8 cm³/mol. The second kappa shape index (κ2) is 5.76. The maximum absolute atomic E-state index is 12.9. The molecule has 6 heteroatoms. The SMILES string of the molecule is CC(=O)c1c[nH]c2c1C(=C1SCCS1)C(=O)CC2c1ccco1. The number of fused-ring (bicyclic) bond motifs is 1. The van der Waals surface area contributed by atoms with Crippen LogP contribution in [0.2, 0.25) is 0 Å². The van der Waals surface area contributed by atoms with E-state index >= 15 is 0 Å². The van der Waals surface area contributed by atoms with Gasteiger partial charge in [0, 0.05) is 46.5 Å². The fourth-order valence-electron chi connectivity index (χ4n) is 3.19. The number of carbonyl (C=O) groups excluding carboxylic acids is 2. The molecule has 4 rings (SSSR count). The van der Waals surface area contributed by atoms with Gasteiger partial charge in [-0.2, -0.15) is 0 Å². The Labute approximate surface area is 142 Å². The van der Waals surface area contributed by atoms with Gasteiger partial charge >= 0.3 is 0 Å². The van der Waals surface area contributed by atoms with Gasteiger partial charge in [0.05, 0.1) is 16.4 Å². The molecule has 4 nitrogen and oxygen atoms in total. The topological polar surface area (TPSA) is 63.1 Å². The van der Waals surface area contributed by atoms with Crippen molar-refractivity contribution < 1.29 is 14.0 Å². The minimum atomic E-state index is -0.152. The van der Waals surface area contributed by atoms with Crippen LogP contribution in [0, 0.1) is 0 Å². The zero-order valence-electron chi connectivity index (χ0n) is 12.5. The van der Waals surface area contributed by atoms with Crippen molar-refractivity contribution >= 4 is 40.7 Å². The van der Waals surface area contributed by atoms with Crippen molar-refractivity contribution in [1.82, 2.24) is 4.98 Å². The number of nitrogens with one attached hydrogen (secondary N) is 1. The molecule has 0 saturated carbocycles. The number of thioether (sulfide) groups is 2. The number of carbonyl (C=O) groups is 2. The van der Waals surface area contributed by atoms with Gasteiger partial charge in [-0.15, -0.1) is 23.5 Å². The van der Waals surface area contributed by atoms with E-state index in [9.17, 15) is 9.59 Å². The van der Waals surface area contributed by atoms with Gasteiger partial charge in [0.2, 0.25) is 0 Å². The number of aromatic nitrogens is 1. The molecule has 0 amide bonds. The number of aromatic amines is 1. The van der Waals surface area contributed by atoms with Crippen LogP contribution in [0.1, 0.15) is 46.6 Å². The molecule has 3 heterocycles. The molecule has 0 aromatic carbocycles. The standard InChI is InChI=1S/C17H15NO3S2/c1-9(19)11-8-18-16-10(13-3-2-4-21-13)7-12(20)15(14(11)16)17-22-5-6-23-17/h2-4,8,10,18H,5-7H2,1H3. The number of ketones is 2. The van der Waals surface area contributed by atoms with Gasteiger partial charge in [-0.3, -0.25) is 9.59 Å². The summed E-state index contributed by atoms with van der Waals surface area (Å²) in [5.41, 5.74) is 3.02. The number of Topliss-reactive ketones (excluding diaryl/α,β-unsaturated/α-hetero) is 2. The van der Waals surface area contributed by atoms with E-state index in [0.717, 1.165) is 38.3 Å². The smallest absolute Gasteiger partial charge is 0.166 e. The Balaban J connectivity index is 1.94. The summed E-state index contributed by atoms with van der Waals surface area (Å²) in [5.74, 6) is 2.69. The van der Waals surface area contributed by atoms with E-state index in [2.05, 4.69) is 4.98 Å². The Kier molecular flexibility index (Phi) is 3.73. The maximum atomic E-state index is 12.9. The van der Waals surface area contributed by atoms with Crippen molar-refractivity contribution in [3.63, 3.8) is 0 Å². The van der Waals surface area contributed by atoms with E-state index in [1.165, 1.54) is 0 Å². The van der Waals surface area contributed by atoms with Gasteiger partial charge in [-0.05, 0) is 19.1 Å². The summed E-state index contributed by atoms with van der Waals surface area (Å²) in [4.78, 5) is 28.2. The molecule has 0 radical (unpaired) electrons. The molecule has 118 valence electrons. The highest BCUT2D eigenvalue weighted by atomic mass is 32.2. The van der Waals surface area contributed by atoms with E-state index in [1.807, 2.05) is 12.1 Å². The Morgan fingerprint density at radius 3 is 2.78 bits per heavy atom. The minimum absolute atomic E-state index is 0.0264. The predicted octanol–water partition coefficient (Wildman–Crippen LogP) is 4.06. The van der Waals surface area contributed by atoms with Gasteiger partial charge in [0.15, 0.2) is 11.6 Å². The molecular formula is C17H15NO3S2. The lowest BCUT2D eigenvalue weighted by Crippen LogP contribution is -2.19. The molecule has 0 bridgehead atoms. The summed E-state index contributed by atoms with van der Waals surface area (Å²) >= 11 is 3.42. The third-order valence-electron chi connectivity index (χ3n) is 4.20. The Bertz CT molecular complexity index is 809. The number of furan rings is 1. The lowest BCUT2D eigenvalue weighted by Gasteiger charge is -2.24. The minimum Gasteiger partial charge on any atom is -0.469 e. The van der Waals surface area contributed by atoms with Gasteiger partial charge in [0.1, 0.15) is 5.76 Å². The van der Waals surface area contributed by atoms with Crippen LogP contribution in [0.4, 0.5) is 0 Å². The van der Waals surface area contributed by atoms with Crippen LogP contribution in [0.15, 0.2) is 33.2 Å². The molecule has 23 heavy (non-hydrogen) atoms. The molecule has 1 aliphatic carbocycles. The molecule has 1 atom stereocenters. The van der Waals surface area contributed by atoms with E-state index < -0.39 is 0 Å². The third-order valence-corrected chi connectivity index (χ3v) is 6.91. The monoisotopic (exact) mass is 345 g/mol. The van der Waals surface area contributed by atoms with Crippen LogP contribution in [0.25, 0.3) is 5.57 Å². The Hall–Kier alpha value is -1.66. The molecule has 2 aliphatic rings. The van der Waals surface area contributed by atoms with Crippen LogP contribution in [-0.4, -0.2) is 28.1 Å². The number of hydrogen-bond acceptors (Lipinski definition) is 5. The van der Waals surface area contributed by atoms with Gasteiger partial charge in [0.25, 0.3) is 0 Å². The number of rotatable bonds is 2. The largest absolute Gasteiger partial charge is 0.469 e. The Morgan fingerprint density at radius 1 is 1.35 bits per heavy atom. The highest BCUT2D eigenvalue weighted by Gasteiger charge is 2.38. The van der Waals surface area contributed by atoms with E-state index in [0.29, 0.717) is 12.0 Å². The summed E-state index contributed by atoms with van der Waals surface area (Å²) in [6, 6.07) is 3.71. The van der Waals surface area contributed by atoms with Crippen LogP contribution in [0.5, 0.6) is 0 Å². The molecule has 0 spiro atoms. The molecule has 1 aliphatic heterocycles. The second-order valence-corrected chi connectivity index (χ2v) is 8.07. The average molecular weight is 345 g/mol. The summed E-state index contributed by atoms with van der Waals surface area (Å²) in [6.45, 7) is 1.54. The van der Waals surface area contributed by atoms with Gasteiger partial charge < -0.3 is 9.40 Å². The average Bonchev–Trinajstić information content (AvgIpc) is 3.27. The van der Waals surface area contributed by atoms with E-state index in [4.69, 9.17) is 4.42 Å². The van der Waals surface area contributed by atoms with Crippen molar-refractivity contribution in [1.29, 1.82) is 0 Å². The first-order valence-corrected chi connectivity index (χ1v) is 9.43. The highest BCUT2D eigenvalue weighted by molar-refractivity contribution is 8.25. The first-order chi connectivity index (χ1) is 11.2. The normalized spacial score (nSPS) is 20.9. The van der Waals surface area contributed by atoms with Crippen molar-refractivity contribution in [2.75, 3.05) is 11.5 Å². The molecule has 1 fully saturated rings. The van der Waals surface area contributed by atoms with Crippen molar-refractivity contribution in [3.05, 3.63) is 51.4 Å². The molecular weight excluding hydrogens is 330 g/mol. The molecule has 2 aromatic rings. The summed E-state index contributed by atoms with van der Waals surface area (Å²) in [7, 11) is 0. The van der Waals surface area contributed by atoms with Crippen molar-refractivity contribution in [3.8, 4) is 0 Å². The second-order valence-electron chi connectivity index (χ2n) is 5.60. The highest BCUT2D eigenvalue weighted by Crippen LogP contribution is 2.49. The Morgan fingerprint density at radius 2 is 2.13 bits per heavy atom. The van der Waals surface area contributed by atoms with Gasteiger partial charge in [-0.25, -0.2) is 0 Å². The van der Waals surface area contributed by atoms with Crippen molar-refractivity contribution in [2.45, 2.75) is 19.3 Å². The quantitative estimate of drug-likeness (QED) is 0.657. The van der Waals surface area contributed by atoms with Crippen LogP contribution >= 0.6 is 23.5 Å². The summed E-state index contributed by atoms with van der Waals surface area (Å²) in [6.07, 6.45) is 3.72. The van der Waals surface area contributed by atoms with Crippen LogP contribution < -0.4 is 0 Å². The molecule has 1 saturated heterocycles. The maximum Gasteiger partial charge on any atom is 0.166 e. The van der Waals surface area contributed by atoms with E-state index in [-0.39, 0.29) is 17.5 Å². The molecule has 1 unspecified atom stereocenters. The lowest BCUT2D eigenvalue weighted by atomic mass is 9.81. The summed E-state index contributed by atoms with van der Waals surface area (Å²) < 4.78 is 6.58. The summed E-state index contributed by atoms with van der Waals surface area (Å²) in [5, 5.41) is 0. The zero-order chi connectivity index (χ0) is 16.0. The molecule has 1 N–H and O–H groups in total. The number of hydrogen-bond donors (Lipinski definition) is 1. The lowest BCUT2D eigenvalue weighted by molar-refractivity contribution is -0.114. The number of H-pyrrole nitrogens is 1. The van der Waals surface area contributed by atoms with Crippen LogP contribution in [-0.2, 0) is 4.79 Å². The molecule has 2 aromatic heterocycles. The third kappa shape index (κ3) is 2.40. The number of allylic oxidation sites excluding steroid dienone is 1. The fraction of sp³-hybridized carbons (Fsp3) is 0.294. The first kappa shape index (κ1) is 14.9. The van der Waals surface area contributed by atoms with Crippen molar-refractivity contribution in [2.24, 2.45) is 0 Å².